The van der Waals surface area contributed by atoms with Gasteiger partial charge in [-0.25, -0.2) is 4.79 Å². The summed E-state index contributed by atoms with van der Waals surface area (Å²) in [6.45, 7) is 4.53. The molecule has 2 amide bonds. The van der Waals surface area contributed by atoms with Gasteiger partial charge in [0.05, 0.1) is 5.92 Å². The summed E-state index contributed by atoms with van der Waals surface area (Å²) in [6, 6.07) is 7.70. The van der Waals surface area contributed by atoms with Crippen LogP contribution in [0.2, 0.25) is 0 Å². The van der Waals surface area contributed by atoms with Crippen LogP contribution in [0.25, 0.3) is 0 Å². The fraction of sp³-hybridized carbons (Fsp3) is 0.467. The zero-order valence-electron chi connectivity index (χ0n) is 12.0. The quantitative estimate of drug-likeness (QED) is 0.715. The molecule has 0 radical (unpaired) electrons. The monoisotopic (exact) mass is 278 g/mol. The number of carboxylic acid groups (broad SMARTS) is 1. The lowest BCUT2D eigenvalue weighted by Gasteiger charge is -2.11. The molecule has 0 aliphatic heterocycles. The summed E-state index contributed by atoms with van der Waals surface area (Å²) in [5, 5.41) is 14.2. The molecule has 1 aromatic rings. The normalized spacial score (nSPS) is 11.7. The zero-order chi connectivity index (χ0) is 15.0. The fourth-order valence-corrected chi connectivity index (χ4v) is 1.84. The number of aryl methyl sites for hydroxylation is 1. The Morgan fingerprint density at radius 3 is 2.45 bits per heavy atom. The van der Waals surface area contributed by atoms with Crippen LogP contribution in [-0.4, -0.2) is 23.7 Å². The third-order valence-corrected chi connectivity index (χ3v) is 3.22. The van der Waals surface area contributed by atoms with Crippen molar-refractivity contribution in [1.29, 1.82) is 0 Å². The van der Waals surface area contributed by atoms with Crippen LogP contribution in [0.4, 0.5) is 4.79 Å². The van der Waals surface area contributed by atoms with Gasteiger partial charge in [0.15, 0.2) is 0 Å². The molecule has 1 rings (SSSR count). The molecule has 0 aromatic heterocycles. The van der Waals surface area contributed by atoms with E-state index in [-0.39, 0.29) is 6.03 Å². The summed E-state index contributed by atoms with van der Waals surface area (Å²) in [7, 11) is 0. The Morgan fingerprint density at radius 1 is 1.20 bits per heavy atom. The van der Waals surface area contributed by atoms with Gasteiger partial charge in [-0.2, -0.15) is 0 Å². The minimum Gasteiger partial charge on any atom is -0.481 e. The van der Waals surface area contributed by atoms with E-state index in [0.717, 1.165) is 12.0 Å². The van der Waals surface area contributed by atoms with Crippen LogP contribution in [0.5, 0.6) is 0 Å². The summed E-state index contributed by atoms with van der Waals surface area (Å²) in [5.74, 6) is -1.29. The third-order valence-electron chi connectivity index (χ3n) is 3.22. The number of amides is 2. The van der Waals surface area contributed by atoms with Crippen LogP contribution < -0.4 is 10.6 Å². The maximum absolute atomic E-state index is 11.6. The average molecular weight is 278 g/mol. The Hall–Kier alpha value is -2.04. The predicted molar refractivity (Wildman–Crippen MR) is 77.5 cm³/mol. The van der Waals surface area contributed by atoms with E-state index in [1.165, 1.54) is 5.56 Å². The molecule has 5 nitrogen and oxygen atoms in total. The minimum absolute atomic E-state index is 0.270. The first kappa shape index (κ1) is 16.0. The van der Waals surface area contributed by atoms with Crippen molar-refractivity contribution in [2.45, 2.75) is 33.2 Å². The summed E-state index contributed by atoms with van der Waals surface area (Å²) in [6.07, 6.45) is 1.35. The van der Waals surface area contributed by atoms with E-state index in [4.69, 9.17) is 5.11 Å². The van der Waals surface area contributed by atoms with Crippen LogP contribution >= 0.6 is 0 Å². The summed E-state index contributed by atoms with van der Waals surface area (Å²) >= 11 is 0. The van der Waals surface area contributed by atoms with Gasteiger partial charge in [0.25, 0.3) is 0 Å². The predicted octanol–water partition coefficient (Wildman–Crippen LogP) is 2.16. The van der Waals surface area contributed by atoms with Gasteiger partial charge in [0.2, 0.25) is 0 Å². The molecule has 1 atom stereocenters. The first-order valence-corrected chi connectivity index (χ1v) is 6.85. The number of carboxylic acids is 1. The molecule has 0 bridgehead atoms. The van der Waals surface area contributed by atoms with Crippen LogP contribution in [-0.2, 0) is 17.8 Å². The lowest BCUT2D eigenvalue weighted by molar-refractivity contribution is -0.141. The number of nitrogens with one attached hydrogen (secondary N) is 2. The second kappa shape index (κ2) is 8.19. The molecule has 5 heteroatoms. The lowest BCUT2D eigenvalue weighted by atomic mass is 10.1. The average Bonchev–Trinajstić information content (AvgIpc) is 2.45. The van der Waals surface area contributed by atoms with E-state index >= 15 is 0 Å². The highest BCUT2D eigenvalue weighted by Crippen LogP contribution is 2.08. The standard InChI is InChI=1S/C15H22N2O3/c1-3-12-6-4-5-7-13(12)10-17-15(20)16-9-8-11(2)14(18)19/h4-7,11H,3,8-10H2,1-2H3,(H,18,19)(H2,16,17,20). The van der Waals surface area contributed by atoms with E-state index in [1.807, 2.05) is 24.3 Å². The number of hydrogen-bond acceptors (Lipinski definition) is 2. The van der Waals surface area contributed by atoms with Crippen LogP contribution in [0.15, 0.2) is 24.3 Å². The summed E-state index contributed by atoms with van der Waals surface area (Å²) < 4.78 is 0. The van der Waals surface area contributed by atoms with Crippen molar-refractivity contribution in [2.24, 2.45) is 5.92 Å². The third kappa shape index (κ3) is 5.30. The number of carbonyl (C=O) groups excluding carboxylic acids is 1. The van der Waals surface area contributed by atoms with Crippen LogP contribution in [0.1, 0.15) is 31.4 Å². The van der Waals surface area contributed by atoms with Crippen molar-refractivity contribution in [1.82, 2.24) is 10.6 Å². The second-order valence-electron chi connectivity index (χ2n) is 4.76. The molecule has 1 aromatic carbocycles. The van der Waals surface area contributed by atoms with Crippen molar-refractivity contribution in [3.63, 3.8) is 0 Å². The molecule has 110 valence electrons. The maximum Gasteiger partial charge on any atom is 0.315 e. The largest absolute Gasteiger partial charge is 0.481 e. The van der Waals surface area contributed by atoms with E-state index in [2.05, 4.69) is 17.6 Å². The van der Waals surface area contributed by atoms with Gasteiger partial charge in [-0.1, -0.05) is 38.1 Å². The van der Waals surface area contributed by atoms with Crippen molar-refractivity contribution in [3.8, 4) is 0 Å². The van der Waals surface area contributed by atoms with Crippen molar-refractivity contribution in [3.05, 3.63) is 35.4 Å². The topological polar surface area (TPSA) is 78.4 Å². The number of hydrogen-bond donors (Lipinski definition) is 3. The number of benzene rings is 1. The Morgan fingerprint density at radius 2 is 1.85 bits per heavy atom. The molecular formula is C15H22N2O3. The van der Waals surface area contributed by atoms with Crippen LogP contribution in [0.3, 0.4) is 0 Å². The van der Waals surface area contributed by atoms with Crippen LogP contribution in [0, 0.1) is 5.92 Å². The molecule has 0 aliphatic rings. The maximum atomic E-state index is 11.6. The molecule has 20 heavy (non-hydrogen) atoms. The van der Waals surface area contributed by atoms with Crippen molar-refractivity contribution >= 4 is 12.0 Å². The Labute approximate surface area is 119 Å². The molecule has 3 N–H and O–H groups in total. The highest BCUT2D eigenvalue weighted by Gasteiger charge is 2.10. The van der Waals surface area contributed by atoms with Gasteiger partial charge in [-0.3, -0.25) is 4.79 Å². The molecular weight excluding hydrogens is 256 g/mol. The molecule has 0 saturated heterocycles. The van der Waals surface area contributed by atoms with E-state index in [1.54, 1.807) is 6.92 Å². The lowest BCUT2D eigenvalue weighted by Crippen LogP contribution is -2.36. The van der Waals surface area contributed by atoms with Gasteiger partial charge >= 0.3 is 12.0 Å². The van der Waals surface area contributed by atoms with Gasteiger partial charge < -0.3 is 15.7 Å². The fourth-order valence-electron chi connectivity index (χ4n) is 1.84. The SMILES string of the molecule is CCc1ccccc1CNC(=O)NCCC(C)C(=O)O. The van der Waals surface area contributed by atoms with E-state index in [0.29, 0.717) is 19.5 Å². The first-order valence-electron chi connectivity index (χ1n) is 6.85. The highest BCUT2D eigenvalue weighted by atomic mass is 16.4. The van der Waals surface area contributed by atoms with E-state index in [9.17, 15) is 9.59 Å². The molecule has 0 spiro atoms. The number of urea groups is 1. The molecule has 0 aliphatic carbocycles. The van der Waals surface area contributed by atoms with E-state index < -0.39 is 11.9 Å². The Balaban J connectivity index is 2.31. The summed E-state index contributed by atoms with van der Waals surface area (Å²) in [4.78, 5) is 22.2. The van der Waals surface area contributed by atoms with Gasteiger partial charge in [0.1, 0.15) is 0 Å². The van der Waals surface area contributed by atoms with Gasteiger partial charge in [-0.15, -0.1) is 0 Å². The zero-order valence-corrected chi connectivity index (χ0v) is 12.0. The highest BCUT2D eigenvalue weighted by molar-refractivity contribution is 5.74. The Bertz CT molecular complexity index is 460. The molecule has 0 fully saturated rings. The molecule has 0 heterocycles. The Kier molecular flexibility index (Phi) is 6.56. The van der Waals surface area contributed by atoms with Gasteiger partial charge in [0, 0.05) is 13.1 Å². The van der Waals surface area contributed by atoms with Crippen molar-refractivity contribution < 1.29 is 14.7 Å². The summed E-state index contributed by atoms with van der Waals surface area (Å²) in [5.41, 5.74) is 2.32. The van der Waals surface area contributed by atoms with Gasteiger partial charge in [-0.05, 0) is 24.0 Å². The second-order valence-corrected chi connectivity index (χ2v) is 4.76. The minimum atomic E-state index is -0.843. The number of carbonyl (C=O) groups is 2. The number of rotatable bonds is 7. The smallest absolute Gasteiger partial charge is 0.315 e. The number of aliphatic carboxylic acids is 1. The molecule has 1 unspecified atom stereocenters. The molecule has 0 saturated carbocycles. The van der Waals surface area contributed by atoms with Crippen molar-refractivity contribution in [2.75, 3.05) is 6.54 Å². The first-order chi connectivity index (χ1) is 9.54.